The van der Waals surface area contributed by atoms with E-state index < -0.39 is 0 Å². The molecular formula is C15H20ClN3O3. The van der Waals surface area contributed by atoms with Gasteiger partial charge in [-0.1, -0.05) is 23.7 Å². The lowest BCUT2D eigenvalue weighted by atomic mass is 10.2. The predicted molar refractivity (Wildman–Crippen MR) is 84.0 cm³/mol. The number of morpholine rings is 1. The minimum absolute atomic E-state index is 0.0773. The second-order valence-electron chi connectivity index (χ2n) is 4.99. The van der Waals surface area contributed by atoms with E-state index in [1.165, 1.54) is 0 Å². The van der Waals surface area contributed by atoms with E-state index in [-0.39, 0.29) is 17.9 Å². The molecule has 0 unspecified atom stereocenters. The van der Waals surface area contributed by atoms with Crippen LogP contribution in [0.25, 0.3) is 0 Å². The third kappa shape index (κ3) is 5.29. The van der Waals surface area contributed by atoms with Gasteiger partial charge in [-0.15, -0.1) is 0 Å². The van der Waals surface area contributed by atoms with Crippen LogP contribution in [-0.2, 0) is 9.53 Å². The molecule has 1 fully saturated rings. The summed E-state index contributed by atoms with van der Waals surface area (Å²) in [7, 11) is 0. The van der Waals surface area contributed by atoms with Gasteiger partial charge in [0.15, 0.2) is 0 Å². The number of amides is 2. The number of carbonyl (C=O) groups is 2. The van der Waals surface area contributed by atoms with E-state index in [0.717, 1.165) is 6.54 Å². The highest BCUT2D eigenvalue weighted by molar-refractivity contribution is 6.33. The number of halogens is 1. The van der Waals surface area contributed by atoms with E-state index in [1.807, 2.05) is 0 Å². The molecule has 0 radical (unpaired) electrons. The van der Waals surface area contributed by atoms with Crippen molar-refractivity contribution in [1.82, 2.24) is 16.0 Å². The summed E-state index contributed by atoms with van der Waals surface area (Å²) in [4.78, 5) is 23.6. The van der Waals surface area contributed by atoms with Crippen molar-refractivity contribution in [2.24, 2.45) is 0 Å². The normalized spacial score (nSPS) is 17.8. The molecule has 1 aliphatic rings. The molecule has 1 saturated heterocycles. The Morgan fingerprint density at radius 1 is 1.27 bits per heavy atom. The highest BCUT2D eigenvalue weighted by atomic mass is 35.5. The summed E-state index contributed by atoms with van der Waals surface area (Å²) >= 11 is 5.94. The molecule has 2 amide bonds. The van der Waals surface area contributed by atoms with Crippen LogP contribution in [0.15, 0.2) is 24.3 Å². The van der Waals surface area contributed by atoms with Crippen molar-refractivity contribution in [3.8, 4) is 0 Å². The molecule has 1 aromatic rings. The van der Waals surface area contributed by atoms with E-state index >= 15 is 0 Å². The fraction of sp³-hybridized carbons (Fsp3) is 0.467. The Hall–Kier alpha value is -1.63. The van der Waals surface area contributed by atoms with Gasteiger partial charge < -0.3 is 20.7 Å². The van der Waals surface area contributed by atoms with Crippen molar-refractivity contribution < 1.29 is 14.3 Å². The van der Waals surface area contributed by atoms with Gasteiger partial charge in [-0.25, -0.2) is 0 Å². The smallest absolute Gasteiger partial charge is 0.252 e. The minimum Gasteiger partial charge on any atom is -0.375 e. The molecular weight excluding hydrogens is 306 g/mol. The maximum Gasteiger partial charge on any atom is 0.252 e. The molecule has 0 saturated carbocycles. The number of rotatable bonds is 6. The first-order chi connectivity index (χ1) is 10.7. The van der Waals surface area contributed by atoms with E-state index in [4.69, 9.17) is 16.3 Å². The molecule has 120 valence electrons. The molecule has 0 aliphatic carbocycles. The number of hydrogen-bond acceptors (Lipinski definition) is 4. The van der Waals surface area contributed by atoms with Crippen LogP contribution in [0.4, 0.5) is 0 Å². The maximum atomic E-state index is 11.9. The molecule has 6 nitrogen and oxygen atoms in total. The molecule has 1 atom stereocenters. The lowest BCUT2D eigenvalue weighted by Crippen LogP contribution is -2.42. The van der Waals surface area contributed by atoms with Crippen LogP contribution in [-0.4, -0.2) is 50.7 Å². The summed E-state index contributed by atoms with van der Waals surface area (Å²) in [5.41, 5.74) is 0.428. The standard InChI is InChI=1S/C15H20ClN3O3/c16-13-4-2-1-3-12(13)15(21)19-6-5-18-14(20)9-11-10-17-7-8-22-11/h1-4,11,17H,5-10H2,(H,18,20)(H,19,21)/t11-/m1/s1. The Bertz CT molecular complexity index is 519. The van der Waals surface area contributed by atoms with Crippen LogP contribution >= 0.6 is 11.6 Å². The Morgan fingerprint density at radius 2 is 2.05 bits per heavy atom. The molecule has 1 aromatic carbocycles. The predicted octanol–water partition coefficient (Wildman–Crippen LogP) is 0.565. The first kappa shape index (κ1) is 16.7. The van der Waals surface area contributed by atoms with Gasteiger partial charge in [0.2, 0.25) is 5.91 Å². The van der Waals surface area contributed by atoms with Gasteiger partial charge in [-0.05, 0) is 12.1 Å². The first-order valence-corrected chi connectivity index (χ1v) is 7.66. The molecule has 22 heavy (non-hydrogen) atoms. The van der Waals surface area contributed by atoms with E-state index in [2.05, 4.69) is 16.0 Å². The van der Waals surface area contributed by atoms with Crippen molar-refractivity contribution >= 4 is 23.4 Å². The second-order valence-corrected chi connectivity index (χ2v) is 5.39. The zero-order chi connectivity index (χ0) is 15.8. The fourth-order valence-corrected chi connectivity index (χ4v) is 2.37. The van der Waals surface area contributed by atoms with Gasteiger partial charge in [0, 0.05) is 26.2 Å². The van der Waals surface area contributed by atoms with E-state index in [9.17, 15) is 9.59 Å². The maximum absolute atomic E-state index is 11.9. The van der Waals surface area contributed by atoms with Crippen LogP contribution in [0.3, 0.4) is 0 Å². The molecule has 1 heterocycles. The topological polar surface area (TPSA) is 79.5 Å². The van der Waals surface area contributed by atoms with Gasteiger partial charge in [-0.3, -0.25) is 9.59 Å². The third-order valence-corrected chi connectivity index (χ3v) is 3.60. The number of ether oxygens (including phenoxy) is 1. The Kier molecular flexibility index (Phi) is 6.64. The lowest BCUT2D eigenvalue weighted by molar-refractivity contribution is -0.124. The van der Waals surface area contributed by atoms with Gasteiger partial charge in [-0.2, -0.15) is 0 Å². The summed E-state index contributed by atoms with van der Waals surface area (Å²) in [6.07, 6.45) is 0.248. The average molecular weight is 326 g/mol. The highest BCUT2D eigenvalue weighted by Crippen LogP contribution is 2.14. The number of carbonyl (C=O) groups excluding carboxylic acids is 2. The number of benzene rings is 1. The molecule has 0 aromatic heterocycles. The van der Waals surface area contributed by atoms with Crippen LogP contribution < -0.4 is 16.0 Å². The van der Waals surface area contributed by atoms with Gasteiger partial charge in [0.05, 0.1) is 29.7 Å². The van der Waals surface area contributed by atoms with Crippen molar-refractivity contribution in [2.75, 3.05) is 32.8 Å². The SMILES string of the molecule is O=C(C[C@@H]1CNCCO1)NCCNC(=O)c1ccccc1Cl. The number of hydrogen-bond donors (Lipinski definition) is 3. The van der Waals surface area contributed by atoms with Crippen molar-refractivity contribution in [3.63, 3.8) is 0 Å². The molecule has 2 rings (SSSR count). The highest BCUT2D eigenvalue weighted by Gasteiger charge is 2.17. The first-order valence-electron chi connectivity index (χ1n) is 7.28. The van der Waals surface area contributed by atoms with Crippen LogP contribution in [0, 0.1) is 0 Å². The second kappa shape index (κ2) is 8.73. The van der Waals surface area contributed by atoms with E-state index in [0.29, 0.717) is 43.2 Å². The quantitative estimate of drug-likeness (QED) is 0.668. The Balaban J connectivity index is 1.63. The molecule has 3 N–H and O–H groups in total. The summed E-state index contributed by atoms with van der Waals surface area (Å²) in [5, 5.41) is 9.05. The van der Waals surface area contributed by atoms with Crippen molar-refractivity contribution in [2.45, 2.75) is 12.5 Å². The minimum atomic E-state index is -0.250. The largest absolute Gasteiger partial charge is 0.375 e. The molecule has 1 aliphatic heterocycles. The average Bonchev–Trinajstić information content (AvgIpc) is 2.53. The summed E-state index contributed by atoms with van der Waals surface area (Å²) < 4.78 is 5.46. The van der Waals surface area contributed by atoms with Gasteiger partial charge in [0.25, 0.3) is 5.91 Å². The third-order valence-electron chi connectivity index (χ3n) is 3.27. The van der Waals surface area contributed by atoms with Crippen LogP contribution in [0.1, 0.15) is 16.8 Å². The monoisotopic (exact) mass is 325 g/mol. The summed E-state index contributed by atoms with van der Waals surface area (Å²) in [5.74, 6) is -0.333. The Labute approximate surface area is 134 Å². The van der Waals surface area contributed by atoms with Gasteiger partial charge in [0.1, 0.15) is 0 Å². The van der Waals surface area contributed by atoms with Crippen molar-refractivity contribution in [3.05, 3.63) is 34.9 Å². The van der Waals surface area contributed by atoms with Crippen molar-refractivity contribution in [1.29, 1.82) is 0 Å². The number of nitrogens with one attached hydrogen (secondary N) is 3. The Morgan fingerprint density at radius 3 is 2.77 bits per heavy atom. The summed E-state index contributed by atoms with van der Waals surface area (Å²) in [6, 6.07) is 6.84. The lowest BCUT2D eigenvalue weighted by Gasteiger charge is -2.23. The van der Waals surface area contributed by atoms with E-state index in [1.54, 1.807) is 24.3 Å². The zero-order valence-electron chi connectivity index (χ0n) is 12.2. The van der Waals surface area contributed by atoms with Crippen LogP contribution in [0.5, 0.6) is 0 Å². The van der Waals surface area contributed by atoms with Gasteiger partial charge >= 0.3 is 0 Å². The molecule has 7 heteroatoms. The summed E-state index contributed by atoms with van der Waals surface area (Å²) in [6.45, 7) is 2.86. The molecule has 0 spiro atoms. The van der Waals surface area contributed by atoms with Crippen LogP contribution in [0.2, 0.25) is 5.02 Å². The fourth-order valence-electron chi connectivity index (χ4n) is 2.15. The zero-order valence-corrected chi connectivity index (χ0v) is 13.0. The molecule has 0 bridgehead atoms.